The molecule has 5 atom stereocenters. The summed E-state index contributed by atoms with van der Waals surface area (Å²) in [6.45, 7) is 7.12. The molecule has 0 aromatic rings. The maximum Gasteiger partial charge on any atom is 0.409 e. The molecule has 0 aliphatic carbocycles. The Balaban J connectivity index is 3.38. The molecule has 0 spiro atoms. The Hall–Kier alpha value is -1.60. The number of nitrogens with zero attached hydrogens (tertiary/aromatic N) is 1. The van der Waals surface area contributed by atoms with Crippen LogP contribution in [0.2, 0.25) is 0 Å². The molecule has 0 aromatic carbocycles. The van der Waals surface area contributed by atoms with Crippen molar-refractivity contribution >= 4 is 12.0 Å². The third-order valence-corrected chi connectivity index (χ3v) is 4.80. The van der Waals surface area contributed by atoms with Crippen LogP contribution in [0, 0.1) is 5.92 Å². The van der Waals surface area contributed by atoms with Gasteiger partial charge in [0.2, 0.25) is 5.91 Å². The van der Waals surface area contributed by atoms with E-state index in [1.807, 2.05) is 32.9 Å². The van der Waals surface area contributed by atoms with Gasteiger partial charge in [-0.05, 0) is 20.3 Å². The molecule has 1 aliphatic heterocycles. The molecule has 7 nitrogen and oxygen atoms in total. The van der Waals surface area contributed by atoms with Crippen LogP contribution in [0.15, 0.2) is 12.2 Å². The van der Waals surface area contributed by atoms with Gasteiger partial charge in [0.1, 0.15) is 6.23 Å². The van der Waals surface area contributed by atoms with E-state index in [1.165, 1.54) is 6.92 Å². The van der Waals surface area contributed by atoms with Crippen LogP contribution in [0.4, 0.5) is 4.79 Å². The van der Waals surface area contributed by atoms with Gasteiger partial charge in [0.05, 0.1) is 17.7 Å². The lowest BCUT2D eigenvalue weighted by Gasteiger charge is -2.44. The average molecular weight is 342 g/mol. The van der Waals surface area contributed by atoms with Gasteiger partial charge in [0, 0.05) is 26.4 Å². The Morgan fingerprint density at radius 2 is 2.12 bits per heavy atom. The molecule has 24 heavy (non-hydrogen) atoms. The van der Waals surface area contributed by atoms with Gasteiger partial charge in [-0.2, -0.15) is 0 Å². The van der Waals surface area contributed by atoms with Crippen molar-refractivity contribution in [1.82, 2.24) is 10.2 Å². The summed E-state index contributed by atoms with van der Waals surface area (Å²) in [4.78, 5) is 24.6. The van der Waals surface area contributed by atoms with Crippen molar-refractivity contribution in [2.75, 3.05) is 7.11 Å². The van der Waals surface area contributed by atoms with E-state index in [2.05, 4.69) is 5.32 Å². The SMILES string of the molecule is C/C=C\[C@@H]1CC(O)N(C(=O)O)[C@H]1[C@@H](NC(C)=O)[C@](C)(CCC)OC. The van der Waals surface area contributed by atoms with E-state index >= 15 is 0 Å². The predicted molar refractivity (Wildman–Crippen MR) is 90.5 cm³/mol. The predicted octanol–water partition coefficient (Wildman–Crippen LogP) is 1.96. The second kappa shape index (κ2) is 8.48. The molecule has 1 rings (SSSR count). The Morgan fingerprint density at radius 1 is 1.50 bits per heavy atom. The number of rotatable bonds is 7. The minimum atomic E-state index is -1.20. The standard InChI is InChI=1S/C17H30N2O5/c1-6-8-12-10-13(21)19(16(22)23)14(12)15(18-11(3)20)17(4,24-5)9-7-2/h6,8,12-15,21H,7,9-10H2,1-5H3,(H,18,20)(H,22,23)/b8-6-/t12-,13?,14-,15-,17+/m1/s1. The fourth-order valence-electron chi connectivity index (χ4n) is 3.70. The van der Waals surface area contributed by atoms with E-state index in [0.29, 0.717) is 12.8 Å². The Morgan fingerprint density at radius 3 is 2.54 bits per heavy atom. The second-order valence-electron chi connectivity index (χ2n) is 6.53. The van der Waals surface area contributed by atoms with Crippen LogP contribution in [0.5, 0.6) is 0 Å². The summed E-state index contributed by atoms with van der Waals surface area (Å²) in [7, 11) is 1.56. The Kier molecular flexibility index (Phi) is 7.23. The number of aliphatic hydroxyl groups is 1. The van der Waals surface area contributed by atoms with Gasteiger partial charge in [-0.15, -0.1) is 0 Å². The number of aliphatic hydroxyl groups excluding tert-OH is 1. The zero-order valence-corrected chi connectivity index (χ0v) is 15.2. The van der Waals surface area contributed by atoms with Crippen LogP contribution in [0.25, 0.3) is 0 Å². The highest BCUT2D eigenvalue weighted by Gasteiger charge is 2.52. The van der Waals surface area contributed by atoms with Crippen LogP contribution >= 0.6 is 0 Å². The summed E-state index contributed by atoms with van der Waals surface area (Å²) in [5.74, 6) is -0.463. The zero-order valence-electron chi connectivity index (χ0n) is 15.2. The number of hydrogen-bond acceptors (Lipinski definition) is 4. The summed E-state index contributed by atoms with van der Waals surface area (Å²) in [6, 6.07) is -1.18. The number of carbonyl (C=O) groups excluding carboxylic acids is 1. The molecule has 7 heteroatoms. The van der Waals surface area contributed by atoms with Gasteiger partial charge in [-0.25, -0.2) is 4.79 Å². The highest BCUT2D eigenvalue weighted by atomic mass is 16.5. The Labute approximate surface area is 143 Å². The fourth-order valence-corrected chi connectivity index (χ4v) is 3.70. The molecule has 0 bridgehead atoms. The number of allylic oxidation sites excluding steroid dienone is 1. The molecule has 1 aliphatic rings. The van der Waals surface area contributed by atoms with Gasteiger partial charge in [-0.1, -0.05) is 25.5 Å². The van der Waals surface area contributed by atoms with Gasteiger partial charge in [-0.3, -0.25) is 9.69 Å². The van der Waals surface area contributed by atoms with E-state index in [0.717, 1.165) is 11.3 Å². The Bertz CT molecular complexity index is 482. The lowest BCUT2D eigenvalue weighted by Crippen LogP contribution is -2.63. The summed E-state index contributed by atoms with van der Waals surface area (Å²) < 4.78 is 5.70. The normalized spacial score (nSPS) is 27.9. The number of amides is 2. The van der Waals surface area contributed by atoms with Crippen molar-refractivity contribution < 1.29 is 24.5 Å². The van der Waals surface area contributed by atoms with E-state index in [1.54, 1.807) is 7.11 Å². The summed E-state index contributed by atoms with van der Waals surface area (Å²) in [6.07, 6.45) is 3.17. The zero-order chi connectivity index (χ0) is 18.5. The van der Waals surface area contributed by atoms with Gasteiger partial charge < -0.3 is 20.3 Å². The number of hydrogen-bond donors (Lipinski definition) is 3. The molecule has 0 radical (unpaired) electrons. The first-order valence-electron chi connectivity index (χ1n) is 8.36. The molecule has 1 heterocycles. The minimum Gasteiger partial charge on any atom is -0.465 e. The quantitative estimate of drug-likeness (QED) is 0.614. The van der Waals surface area contributed by atoms with E-state index in [-0.39, 0.29) is 11.8 Å². The highest BCUT2D eigenvalue weighted by molar-refractivity contribution is 5.74. The second-order valence-corrected chi connectivity index (χ2v) is 6.53. The largest absolute Gasteiger partial charge is 0.465 e. The summed E-state index contributed by atoms with van der Waals surface area (Å²) in [5, 5.41) is 22.7. The molecule has 0 aromatic heterocycles. The van der Waals surface area contributed by atoms with Crippen molar-refractivity contribution in [1.29, 1.82) is 0 Å². The first-order valence-corrected chi connectivity index (χ1v) is 8.36. The molecule has 3 N–H and O–H groups in total. The fraction of sp³-hybridized carbons (Fsp3) is 0.765. The molecule has 1 fully saturated rings. The van der Waals surface area contributed by atoms with Crippen molar-refractivity contribution in [3.8, 4) is 0 Å². The molecular formula is C17H30N2O5. The third-order valence-electron chi connectivity index (χ3n) is 4.80. The number of likely N-dealkylation sites (tertiary alicyclic amines) is 1. The molecule has 2 amide bonds. The van der Waals surface area contributed by atoms with Crippen LogP contribution in [-0.2, 0) is 9.53 Å². The van der Waals surface area contributed by atoms with Crippen molar-refractivity contribution in [3.05, 3.63) is 12.2 Å². The first-order chi connectivity index (χ1) is 11.2. The number of methoxy groups -OCH3 is 1. The van der Waals surface area contributed by atoms with E-state index < -0.39 is 30.0 Å². The molecule has 1 saturated heterocycles. The minimum absolute atomic E-state index is 0.204. The maximum atomic E-state index is 11.8. The van der Waals surface area contributed by atoms with Crippen LogP contribution in [-0.4, -0.2) is 58.1 Å². The third kappa shape index (κ3) is 4.27. The highest BCUT2D eigenvalue weighted by Crippen LogP contribution is 2.37. The van der Waals surface area contributed by atoms with Crippen LogP contribution in [0.1, 0.15) is 47.0 Å². The van der Waals surface area contributed by atoms with E-state index in [4.69, 9.17) is 4.74 Å². The topological polar surface area (TPSA) is 99.1 Å². The van der Waals surface area contributed by atoms with Gasteiger partial charge >= 0.3 is 6.09 Å². The monoisotopic (exact) mass is 342 g/mol. The number of ether oxygens (including phenoxy) is 1. The average Bonchev–Trinajstić information content (AvgIpc) is 2.81. The smallest absolute Gasteiger partial charge is 0.409 e. The van der Waals surface area contributed by atoms with E-state index in [9.17, 15) is 19.8 Å². The van der Waals surface area contributed by atoms with Crippen LogP contribution < -0.4 is 5.32 Å². The number of carboxylic acid groups (broad SMARTS) is 1. The molecule has 1 unspecified atom stereocenters. The molecule has 0 saturated carbocycles. The van der Waals surface area contributed by atoms with Crippen molar-refractivity contribution in [3.63, 3.8) is 0 Å². The summed E-state index contributed by atoms with van der Waals surface area (Å²) >= 11 is 0. The van der Waals surface area contributed by atoms with Crippen molar-refractivity contribution in [2.45, 2.75) is 70.9 Å². The first kappa shape index (κ1) is 20.4. The molecular weight excluding hydrogens is 312 g/mol. The lowest BCUT2D eigenvalue weighted by atomic mass is 9.81. The number of carbonyl (C=O) groups is 2. The lowest BCUT2D eigenvalue weighted by molar-refractivity contribution is -0.125. The molecule has 138 valence electrons. The van der Waals surface area contributed by atoms with Crippen LogP contribution in [0.3, 0.4) is 0 Å². The van der Waals surface area contributed by atoms with Crippen molar-refractivity contribution in [2.24, 2.45) is 5.92 Å². The maximum absolute atomic E-state index is 11.8. The summed E-state index contributed by atoms with van der Waals surface area (Å²) in [5.41, 5.74) is -0.747. The number of nitrogens with one attached hydrogen (secondary N) is 1. The van der Waals surface area contributed by atoms with Gasteiger partial charge in [0.15, 0.2) is 0 Å². The van der Waals surface area contributed by atoms with Gasteiger partial charge in [0.25, 0.3) is 0 Å².